The first-order chi connectivity index (χ1) is 9.44. The molecule has 0 aliphatic heterocycles. The van der Waals surface area contributed by atoms with Crippen molar-refractivity contribution < 1.29 is 13.2 Å². The van der Waals surface area contributed by atoms with Crippen molar-refractivity contribution in [3.8, 4) is 6.07 Å². The lowest BCUT2D eigenvalue weighted by Crippen LogP contribution is -2.21. The molecule has 0 spiro atoms. The largest absolute Gasteiger partial charge is 0.433 e. The molecule has 1 unspecified atom stereocenters. The first-order valence-corrected chi connectivity index (χ1v) is 6.69. The van der Waals surface area contributed by atoms with Crippen LogP contribution in [-0.2, 0) is 6.18 Å². The van der Waals surface area contributed by atoms with Crippen molar-refractivity contribution >= 4 is 5.82 Å². The van der Waals surface area contributed by atoms with Crippen LogP contribution in [0.5, 0.6) is 0 Å². The highest BCUT2D eigenvalue weighted by molar-refractivity contribution is 5.53. The topological polar surface area (TPSA) is 48.7 Å². The standard InChI is InChI=1S/C14H16F3N3/c1-2-11(7-9-3-4-9)19-13-10(8-18)5-6-12(20-13)14(15,16)17/h5-6,9,11H,2-4,7H2,1H3,(H,19,20). The number of hydrogen-bond acceptors (Lipinski definition) is 3. The third kappa shape index (κ3) is 3.62. The summed E-state index contributed by atoms with van der Waals surface area (Å²) in [5.41, 5.74) is -0.826. The summed E-state index contributed by atoms with van der Waals surface area (Å²) in [6, 6.07) is 3.95. The molecule has 0 aromatic carbocycles. The van der Waals surface area contributed by atoms with E-state index in [2.05, 4.69) is 10.3 Å². The molecule has 6 heteroatoms. The summed E-state index contributed by atoms with van der Waals surface area (Å²) in [6.45, 7) is 1.97. The highest BCUT2D eigenvalue weighted by Gasteiger charge is 2.33. The number of nitrogens with zero attached hydrogens (tertiary/aromatic N) is 2. The van der Waals surface area contributed by atoms with Crippen molar-refractivity contribution in [2.45, 2.75) is 44.8 Å². The monoisotopic (exact) mass is 283 g/mol. The van der Waals surface area contributed by atoms with Gasteiger partial charge in [-0.1, -0.05) is 19.8 Å². The summed E-state index contributed by atoms with van der Waals surface area (Å²) in [6.07, 6.45) is -0.431. The van der Waals surface area contributed by atoms with E-state index in [0.29, 0.717) is 5.92 Å². The molecule has 1 aromatic heterocycles. The molecule has 1 atom stereocenters. The molecule has 2 rings (SSSR count). The summed E-state index contributed by atoms with van der Waals surface area (Å²) in [4.78, 5) is 3.57. The molecule has 0 amide bonds. The van der Waals surface area contributed by atoms with Crippen LogP contribution in [-0.4, -0.2) is 11.0 Å². The maximum absolute atomic E-state index is 12.7. The van der Waals surface area contributed by atoms with E-state index in [4.69, 9.17) is 5.26 Å². The van der Waals surface area contributed by atoms with Gasteiger partial charge in [-0.15, -0.1) is 0 Å². The van der Waals surface area contributed by atoms with Crippen LogP contribution in [0.15, 0.2) is 12.1 Å². The van der Waals surface area contributed by atoms with Gasteiger partial charge in [-0.2, -0.15) is 18.4 Å². The predicted molar refractivity (Wildman–Crippen MR) is 69.0 cm³/mol. The summed E-state index contributed by atoms with van der Waals surface area (Å²) >= 11 is 0. The number of nitrogens with one attached hydrogen (secondary N) is 1. The van der Waals surface area contributed by atoms with E-state index in [1.807, 2.05) is 13.0 Å². The molecule has 1 aliphatic carbocycles. The molecular weight excluding hydrogens is 267 g/mol. The Balaban J connectivity index is 2.21. The molecular formula is C14H16F3N3. The summed E-state index contributed by atoms with van der Waals surface area (Å²) in [5.74, 6) is 0.693. The van der Waals surface area contributed by atoms with Crippen LogP contribution >= 0.6 is 0 Å². The smallest absolute Gasteiger partial charge is 0.366 e. The summed E-state index contributed by atoms with van der Waals surface area (Å²) < 4.78 is 38.0. The molecule has 0 radical (unpaired) electrons. The van der Waals surface area contributed by atoms with Gasteiger partial charge >= 0.3 is 6.18 Å². The molecule has 1 N–H and O–H groups in total. The van der Waals surface area contributed by atoms with Gasteiger partial charge in [-0.25, -0.2) is 4.98 Å². The van der Waals surface area contributed by atoms with E-state index in [1.165, 1.54) is 18.9 Å². The van der Waals surface area contributed by atoms with E-state index in [1.54, 1.807) is 0 Å². The summed E-state index contributed by atoms with van der Waals surface area (Å²) in [5, 5.41) is 12.0. The van der Waals surface area contributed by atoms with E-state index in [0.717, 1.165) is 18.9 Å². The second-order valence-corrected chi connectivity index (χ2v) is 5.13. The zero-order valence-corrected chi connectivity index (χ0v) is 11.2. The number of anilines is 1. The predicted octanol–water partition coefficient (Wildman–Crippen LogP) is 3.96. The Labute approximate surface area is 115 Å². The Morgan fingerprint density at radius 1 is 1.45 bits per heavy atom. The van der Waals surface area contributed by atoms with Gasteiger partial charge in [0.25, 0.3) is 0 Å². The van der Waals surface area contributed by atoms with Gasteiger partial charge in [0.05, 0.1) is 5.56 Å². The van der Waals surface area contributed by atoms with Crippen LogP contribution in [0, 0.1) is 17.2 Å². The molecule has 0 saturated heterocycles. The quantitative estimate of drug-likeness (QED) is 0.889. The van der Waals surface area contributed by atoms with Gasteiger partial charge in [0.15, 0.2) is 0 Å². The lowest BCUT2D eigenvalue weighted by atomic mass is 10.1. The maximum atomic E-state index is 12.7. The molecule has 1 heterocycles. The van der Waals surface area contributed by atoms with Crippen LogP contribution in [0.25, 0.3) is 0 Å². The molecule has 108 valence electrons. The van der Waals surface area contributed by atoms with Crippen LogP contribution in [0.3, 0.4) is 0 Å². The number of pyridine rings is 1. The Kier molecular flexibility index (Phi) is 4.17. The average Bonchev–Trinajstić information content (AvgIpc) is 3.20. The van der Waals surface area contributed by atoms with Crippen molar-refractivity contribution in [3.63, 3.8) is 0 Å². The van der Waals surface area contributed by atoms with Crippen LogP contribution in [0.4, 0.5) is 19.0 Å². The second-order valence-electron chi connectivity index (χ2n) is 5.13. The fraction of sp³-hybridized carbons (Fsp3) is 0.571. The number of aromatic nitrogens is 1. The van der Waals surface area contributed by atoms with Gasteiger partial charge in [0.1, 0.15) is 17.6 Å². The normalized spacial score (nSPS) is 16.6. The molecule has 20 heavy (non-hydrogen) atoms. The van der Waals surface area contributed by atoms with Gasteiger partial charge in [-0.3, -0.25) is 0 Å². The third-order valence-corrected chi connectivity index (χ3v) is 3.45. The lowest BCUT2D eigenvalue weighted by molar-refractivity contribution is -0.141. The number of rotatable bonds is 5. The summed E-state index contributed by atoms with van der Waals surface area (Å²) in [7, 11) is 0. The highest BCUT2D eigenvalue weighted by Crippen LogP contribution is 2.35. The maximum Gasteiger partial charge on any atom is 0.433 e. The van der Waals surface area contributed by atoms with Gasteiger partial charge in [-0.05, 0) is 30.9 Å². The van der Waals surface area contributed by atoms with Crippen molar-refractivity contribution in [2.24, 2.45) is 5.92 Å². The number of hydrogen-bond donors (Lipinski definition) is 1. The third-order valence-electron chi connectivity index (χ3n) is 3.45. The minimum atomic E-state index is -4.50. The average molecular weight is 283 g/mol. The Hall–Kier alpha value is -1.77. The molecule has 1 aliphatic rings. The van der Waals surface area contributed by atoms with Gasteiger partial charge in [0.2, 0.25) is 0 Å². The van der Waals surface area contributed by atoms with Crippen LogP contribution in [0.1, 0.15) is 43.9 Å². The lowest BCUT2D eigenvalue weighted by Gasteiger charge is -2.19. The fourth-order valence-electron chi connectivity index (χ4n) is 2.09. The first-order valence-electron chi connectivity index (χ1n) is 6.69. The SMILES string of the molecule is CCC(CC1CC1)Nc1nc(C(F)(F)F)ccc1C#N. The zero-order chi connectivity index (χ0) is 14.8. The van der Waals surface area contributed by atoms with Crippen molar-refractivity contribution in [1.82, 2.24) is 4.98 Å². The molecule has 3 nitrogen and oxygen atoms in total. The van der Waals surface area contributed by atoms with E-state index in [-0.39, 0.29) is 17.4 Å². The minimum absolute atomic E-state index is 0.0369. The first kappa shape index (κ1) is 14.6. The number of alkyl halides is 3. The molecule has 1 saturated carbocycles. The second kappa shape index (κ2) is 5.70. The van der Waals surface area contributed by atoms with E-state index in [9.17, 15) is 13.2 Å². The Morgan fingerprint density at radius 2 is 2.15 bits per heavy atom. The number of nitriles is 1. The van der Waals surface area contributed by atoms with Crippen molar-refractivity contribution in [1.29, 1.82) is 5.26 Å². The zero-order valence-electron chi connectivity index (χ0n) is 11.2. The highest BCUT2D eigenvalue weighted by atomic mass is 19.4. The van der Waals surface area contributed by atoms with Crippen LogP contribution < -0.4 is 5.32 Å². The fourth-order valence-corrected chi connectivity index (χ4v) is 2.09. The van der Waals surface area contributed by atoms with Gasteiger partial charge in [0, 0.05) is 6.04 Å². The number of halogens is 3. The van der Waals surface area contributed by atoms with Crippen molar-refractivity contribution in [2.75, 3.05) is 5.32 Å². The Morgan fingerprint density at radius 3 is 2.65 bits per heavy atom. The van der Waals surface area contributed by atoms with Gasteiger partial charge < -0.3 is 5.32 Å². The van der Waals surface area contributed by atoms with E-state index < -0.39 is 11.9 Å². The Bertz CT molecular complexity index is 515. The van der Waals surface area contributed by atoms with E-state index >= 15 is 0 Å². The van der Waals surface area contributed by atoms with Crippen LogP contribution in [0.2, 0.25) is 0 Å². The minimum Gasteiger partial charge on any atom is -0.366 e. The molecule has 0 bridgehead atoms. The molecule has 1 aromatic rings. The molecule has 1 fully saturated rings. The van der Waals surface area contributed by atoms with Crippen molar-refractivity contribution in [3.05, 3.63) is 23.4 Å².